The van der Waals surface area contributed by atoms with Crippen molar-refractivity contribution in [3.05, 3.63) is 41.6 Å². The van der Waals surface area contributed by atoms with Crippen molar-refractivity contribution in [1.29, 1.82) is 0 Å². The minimum atomic E-state index is -0.887. The minimum Gasteiger partial charge on any atom is -0.478 e. The molecule has 1 N–H and O–H groups in total. The van der Waals surface area contributed by atoms with Crippen LogP contribution < -0.4 is 0 Å². The smallest absolute Gasteiger partial charge is 0.336 e. The van der Waals surface area contributed by atoms with E-state index < -0.39 is 5.97 Å². The van der Waals surface area contributed by atoms with Crippen molar-refractivity contribution in [3.63, 3.8) is 0 Å². The highest BCUT2D eigenvalue weighted by Gasteiger charge is 2.20. The number of carboxylic acid groups (broad SMARTS) is 1. The molecule has 1 atom stereocenters. The number of carbonyl (C=O) groups is 1. The van der Waals surface area contributed by atoms with Crippen LogP contribution in [0.15, 0.2) is 30.3 Å². The van der Waals surface area contributed by atoms with Crippen LogP contribution in [0.1, 0.15) is 42.2 Å². The zero-order chi connectivity index (χ0) is 14.8. The molecule has 1 aliphatic heterocycles. The number of rotatable bonds is 3. The quantitative estimate of drug-likeness (QED) is 0.939. The highest BCUT2D eigenvalue weighted by Crippen LogP contribution is 2.22. The van der Waals surface area contributed by atoms with E-state index in [2.05, 4.69) is 16.8 Å². The van der Waals surface area contributed by atoms with Gasteiger partial charge >= 0.3 is 5.97 Å². The van der Waals surface area contributed by atoms with Gasteiger partial charge in [-0.1, -0.05) is 24.6 Å². The lowest BCUT2D eigenvalue weighted by Crippen LogP contribution is -2.37. The third-order valence-electron chi connectivity index (χ3n) is 4.31. The Balaban J connectivity index is 1.97. The van der Waals surface area contributed by atoms with Gasteiger partial charge in [-0.15, -0.1) is 0 Å². The van der Waals surface area contributed by atoms with Crippen LogP contribution in [-0.2, 0) is 6.54 Å². The van der Waals surface area contributed by atoms with E-state index in [1.807, 2.05) is 24.3 Å². The Kier molecular flexibility index (Phi) is 3.88. The zero-order valence-electron chi connectivity index (χ0n) is 12.2. The van der Waals surface area contributed by atoms with Gasteiger partial charge in [0.15, 0.2) is 0 Å². The van der Waals surface area contributed by atoms with E-state index in [1.54, 1.807) is 6.07 Å². The maximum atomic E-state index is 11.5. The predicted octanol–water partition coefficient (Wildman–Crippen LogP) is 3.31. The molecule has 1 unspecified atom stereocenters. The van der Waals surface area contributed by atoms with Crippen LogP contribution in [0.2, 0.25) is 0 Å². The van der Waals surface area contributed by atoms with Gasteiger partial charge in [0.1, 0.15) is 0 Å². The van der Waals surface area contributed by atoms with Crippen LogP contribution in [0.25, 0.3) is 10.9 Å². The van der Waals surface area contributed by atoms with Gasteiger partial charge in [0, 0.05) is 18.0 Å². The third kappa shape index (κ3) is 2.90. The second-order valence-corrected chi connectivity index (χ2v) is 5.80. The summed E-state index contributed by atoms with van der Waals surface area (Å²) in [7, 11) is 0. The number of para-hydroxylation sites is 1. The highest BCUT2D eigenvalue weighted by atomic mass is 16.4. The molecule has 1 saturated heterocycles. The van der Waals surface area contributed by atoms with Crippen molar-refractivity contribution in [3.8, 4) is 0 Å². The van der Waals surface area contributed by atoms with E-state index in [0.717, 1.165) is 24.3 Å². The van der Waals surface area contributed by atoms with Crippen LogP contribution in [0, 0.1) is 0 Å². The van der Waals surface area contributed by atoms with E-state index >= 15 is 0 Å². The summed E-state index contributed by atoms with van der Waals surface area (Å²) in [6, 6.07) is 9.72. The molecule has 2 heterocycles. The highest BCUT2D eigenvalue weighted by molar-refractivity contribution is 6.02. The van der Waals surface area contributed by atoms with E-state index in [0.29, 0.717) is 17.0 Å². The van der Waals surface area contributed by atoms with Crippen molar-refractivity contribution >= 4 is 16.9 Å². The maximum Gasteiger partial charge on any atom is 0.336 e. The number of nitrogens with zero attached hydrogens (tertiary/aromatic N) is 2. The van der Waals surface area contributed by atoms with Gasteiger partial charge in [0.25, 0.3) is 0 Å². The number of fused-ring (bicyclic) bond motifs is 1. The van der Waals surface area contributed by atoms with Gasteiger partial charge in [-0.2, -0.15) is 0 Å². The second kappa shape index (κ2) is 5.82. The molecule has 1 aromatic heterocycles. The number of aromatic carboxylic acids is 1. The third-order valence-corrected chi connectivity index (χ3v) is 4.31. The van der Waals surface area contributed by atoms with Crippen LogP contribution >= 0.6 is 0 Å². The molecule has 0 amide bonds. The van der Waals surface area contributed by atoms with E-state index in [-0.39, 0.29) is 0 Å². The van der Waals surface area contributed by atoms with Crippen molar-refractivity contribution < 1.29 is 9.90 Å². The van der Waals surface area contributed by atoms with Crippen molar-refractivity contribution in [2.45, 2.75) is 38.8 Å². The first-order chi connectivity index (χ1) is 10.1. The monoisotopic (exact) mass is 284 g/mol. The number of likely N-dealkylation sites (tertiary alicyclic amines) is 1. The van der Waals surface area contributed by atoms with Crippen molar-refractivity contribution in [1.82, 2.24) is 9.88 Å². The maximum absolute atomic E-state index is 11.5. The minimum absolute atomic E-state index is 0.347. The molecule has 0 spiro atoms. The average Bonchev–Trinajstić information content (AvgIpc) is 2.48. The van der Waals surface area contributed by atoms with Gasteiger partial charge in [0.2, 0.25) is 0 Å². The molecule has 0 radical (unpaired) electrons. The Bertz CT molecular complexity index is 669. The number of benzene rings is 1. The molecule has 3 rings (SSSR count). The topological polar surface area (TPSA) is 53.4 Å². The number of pyridine rings is 1. The van der Waals surface area contributed by atoms with Crippen LogP contribution in [0.3, 0.4) is 0 Å². The van der Waals surface area contributed by atoms with Gasteiger partial charge in [0.05, 0.1) is 16.8 Å². The molecular formula is C17H20N2O2. The van der Waals surface area contributed by atoms with E-state index in [1.165, 1.54) is 19.3 Å². The Morgan fingerprint density at radius 3 is 2.95 bits per heavy atom. The first-order valence-electron chi connectivity index (χ1n) is 7.51. The fraction of sp³-hybridized carbons (Fsp3) is 0.412. The lowest BCUT2D eigenvalue weighted by Gasteiger charge is -2.33. The van der Waals surface area contributed by atoms with Gasteiger partial charge in [-0.25, -0.2) is 4.79 Å². The molecule has 1 aromatic carbocycles. The fourth-order valence-electron chi connectivity index (χ4n) is 3.09. The Hall–Kier alpha value is -1.94. The molecule has 1 fully saturated rings. The summed E-state index contributed by atoms with van der Waals surface area (Å²) >= 11 is 0. The Morgan fingerprint density at radius 2 is 2.19 bits per heavy atom. The number of hydrogen-bond donors (Lipinski definition) is 1. The fourth-order valence-corrected chi connectivity index (χ4v) is 3.09. The Morgan fingerprint density at radius 1 is 1.38 bits per heavy atom. The first kappa shape index (κ1) is 14.0. The normalized spacial score (nSPS) is 19.8. The molecule has 4 heteroatoms. The summed E-state index contributed by atoms with van der Waals surface area (Å²) in [4.78, 5) is 18.5. The van der Waals surface area contributed by atoms with Crippen LogP contribution in [0.5, 0.6) is 0 Å². The summed E-state index contributed by atoms with van der Waals surface area (Å²) in [6.45, 7) is 4.03. The van der Waals surface area contributed by atoms with Crippen molar-refractivity contribution in [2.75, 3.05) is 6.54 Å². The second-order valence-electron chi connectivity index (χ2n) is 5.80. The van der Waals surface area contributed by atoms with Gasteiger partial charge in [-0.05, 0) is 38.4 Å². The predicted molar refractivity (Wildman–Crippen MR) is 82.4 cm³/mol. The first-order valence-corrected chi connectivity index (χ1v) is 7.51. The number of aromatic nitrogens is 1. The lowest BCUT2D eigenvalue weighted by atomic mass is 10.0. The standard InChI is InChI=1S/C17H20N2O2/c1-12-6-4-5-9-19(12)11-13-10-15(17(20)21)14-7-2-3-8-16(14)18-13/h2-3,7-8,10,12H,4-6,9,11H2,1H3,(H,20,21). The average molecular weight is 284 g/mol. The SMILES string of the molecule is CC1CCCCN1Cc1cc(C(=O)O)c2ccccc2n1. The number of carboxylic acids is 1. The summed E-state index contributed by atoms with van der Waals surface area (Å²) in [5.41, 5.74) is 1.96. The van der Waals surface area contributed by atoms with E-state index in [9.17, 15) is 9.90 Å². The van der Waals surface area contributed by atoms with Gasteiger partial charge < -0.3 is 5.11 Å². The molecule has 0 bridgehead atoms. The summed E-state index contributed by atoms with van der Waals surface area (Å²) in [5, 5.41) is 10.1. The summed E-state index contributed by atoms with van der Waals surface area (Å²) in [5.74, 6) is -0.887. The van der Waals surface area contributed by atoms with Crippen LogP contribution in [-0.4, -0.2) is 33.5 Å². The van der Waals surface area contributed by atoms with Crippen molar-refractivity contribution in [2.24, 2.45) is 0 Å². The molecular weight excluding hydrogens is 264 g/mol. The van der Waals surface area contributed by atoms with Gasteiger partial charge in [-0.3, -0.25) is 9.88 Å². The number of hydrogen-bond acceptors (Lipinski definition) is 3. The molecule has 1 aliphatic rings. The summed E-state index contributed by atoms with van der Waals surface area (Å²) < 4.78 is 0. The lowest BCUT2D eigenvalue weighted by molar-refractivity contribution is 0.0698. The summed E-state index contributed by atoms with van der Waals surface area (Å²) in [6.07, 6.45) is 3.70. The van der Waals surface area contributed by atoms with Crippen LogP contribution in [0.4, 0.5) is 0 Å². The largest absolute Gasteiger partial charge is 0.478 e. The number of piperidine rings is 1. The van der Waals surface area contributed by atoms with E-state index in [4.69, 9.17) is 0 Å². The molecule has 4 nitrogen and oxygen atoms in total. The molecule has 2 aromatic rings. The molecule has 21 heavy (non-hydrogen) atoms. The Labute approximate surface area is 124 Å². The molecule has 110 valence electrons. The molecule has 0 aliphatic carbocycles. The zero-order valence-corrected chi connectivity index (χ0v) is 12.2. The molecule has 0 saturated carbocycles.